The van der Waals surface area contributed by atoms with Crippen molar-refractivity contribution in [2.45, 2.75) is 51.0 Å². The molecular formula is C19H25NO3. The van der Waals surface area contributed by atoms with Gasteiger partial charge >= 0.3 is 5.97 Å². The molecule has 1 amide bonds. The molecule has 0 saturated heterocycles. The van der Waals surface area contributed by atoms with Crippen LogP contribution in [0.5, 0.6) is 0 Å². The SMILES string of the molecule is COC(=O)c1ccc2c(c1)C(N(C)C(=O)CC1CCCC1)CC2. The molecule has 0 N–H and O–H groups in total. The number of fused-ring (bicyclic) bond motifs is 1. The molecule has 2 aliphatic carbocycles. The van der Waals surface area contributed by atoms with Gasteiger partial charge in [0.1, 0.15) is 0 Å². The van der Waals surface area contributed by atoms with E-state index in [4.69, 9.17) is 4.74 Å². The summed E-state index contributed by atoms with van der Waals surface area (Å²) in [6.07, 6.45) is 7.46. The van der Waals surface area contributed by atoms with Crippen molar-refractivity contribution in [3.8, 4) is 0 Å². The largest absolute Gasteiger partial charge is 0.465 e. The van der Waals surface area contributed by atoms with E-state index in [9.17, 15) is 9.59 Å². The smallest absolute Gasteiger partial charge is 0.337 e. The number of hydrogen-bond donors (Lipinski definition) is 0. The highest BCUT2D eigenvalue weighted by molar-refractivity contribution is 5.89. The molecule has 2 aliphatic rings. The van der Waals surface area contributed by atoms with Gasteiger partial charge in [-0.15, -0.1) is 0 Å². The Hall–Kier alpha value is -1.84. The number of benzene rings is 1. The predicted molar refractivity (Wildman–Crippen MR) is 88.2 cm³/mol. The van der Waals surface area contributed by atoms with Gasteiger partial charge in [0.05, 0.1) is 18.7 Å². The Morgan fingerprint density at radius 1 is 1.22 bits per heavy atom. The predicted octanol–water partition coefficient (Wildman–Crippen LogP) is 3.50. The lowest BCUT2D eigenvalue weighted by atomic mass is 10.0. The number of carbonyl (C=O) groups excluding carboxylic acids is 2. The third-order valence-electron chi connectivity index (χ3n) is 5.41. The standard InChI is InChI=1S/C19H25NO3/c1-20(18(21)11-13-5-3-4-6-13)17-10-9-14-7-8-15(12-16(14)17)19(22)23-2/h7-8,12-13,17H,3-6,9-11H2,1-2H3. The van der Waals surface area contributed by atoms with Crippen LogP contribution in [0.25, 0.3) is 0 Å². The number of carbonyl (C=O) groups is 2. The lowest BCUT2D eigenvalue weighted by Gasteiger charge is -2.27. The van der Waals surface area contributed by atoms with Gasteiger partial charge in [-0.25, -0.2) is 4.79 Å². The summed E-state index contributed by atoms with van der Waals surface area (Å²) in [5.41, 5.74) is 2.91. The number of rotatable bonds is 4. The van der Waals surface area contributed by atoms with Crippen LogP contribution in [0.4, 0.5) is 0 Å². The minimum atomic E-state index is -0.321. The number of hydrogen-bond acceptors (Lipinski definition) is 3. The Morgan fingerprint density at radius 2 is 1.96 bits per heavy atom. The maximum atomic E-state index is 12.6. The second-order valence-electron chi connectivity index (χ2n) is 6.82. The zero-order valence-electron chi connectivity index (χ0n) is 14.0. The van der Waals surface area contributed by atoms with Gasteiger partial charge in [-0.3, -0.25) is 4.79 Å². The van der Waals surface area contributed by atoms with Gasteiger partial charge in [-0.1, -0.05) is 18.9 Å². The van der Waals surface area contributed by atoms with Crippen molar-refractivity contribution in [2.24, 2.45) is 5.92 Å². The molecule has 1 fully saturated rings. The Labute approximate surface area is 137 Å². The molecule has 1 aromatic carbocycles. The molecule has 1 aromatic rings. The van der Waals surface area contributed by atoms with Gasteiger partial charge in [0, 0.05) is 13.5 Å². The molecule has 0 heterocycles. The van der Waals surface area contributed by atoms with Crippen LogP contribution in [0.2, 0.25) is 0 Å². The molecular weight excluding hydrogens is 290 g/mol. The molecule has 0 aliphatic heterocycles. The van der Waals surface area contributed by atoms with Gasteiger partial charge in [-0.2, -0.15) is 0 Å². The molecule has 3 rings (SSSR count). The average Bonchev–Trinajstić information content (AvgIpc) is 3.22. The van der Waals surface area contributed by atoms with Crippen molar-refractivity contribution < 1.29 is 14.3 Å². The van der Waals surface area contributed by atoms with E-state index >= 15 is 0 Å². The zero-order chi connectivity index (χ0) is 16.4. The van der Waals surface area contributed by atoms with Crippen molar-refractivity contribution in [3.05, 3.63) is 34.9 Å². The van der Waals surface area contributed by atoms with Crippen LogP contribution in [0.15, 0.2) is 18.2 Å². The Bertz CT molecular complexity index is 605. The van der Waals surface area contributed by atoms with E-state index in [1.54, 1.807) is 0 Å². The van der Waals surface area contributed by atoms with Crippen LogP contribution >= 0.6 is 0 Å². The molecule has 0 radical (unpaired) electrons. The molecule has 1 unspecified atom stereocenters. The Morgan fingerprint density at radius 3 is 2.65 bits per heavy atom. The van der Waals surface area contributed by atoms with Crippen molar-refractivity contribution >= 4 is 11.9 Å². The summed E-state index contributed by atoms with van der Waals surface area (Å²) in [7, 11) is 3.30. The summed E-state index contributed by atoms with van der Waals surface area (Å²) in [5, 5.41) is 0. The minimum Gasteiger partial charge on any atom is -0.465 e. The molecule has 124 valence electrons. The van der Waals surface area contributed by atoms with E-state index in [1.807, 2.05) is 30.1 Å². The summed E-state index contributed by atoms with van der Waals surface area (Å²) in [6, 6.07) is 5.80. The minimum absolute atomic E-state index is 0.0866. The van der Waals surface area contributed by atoms with Crippen molar-refractivity contribution in [3.63, 3.8) is 0 Å². The number of methoxy groups -OCH3 is 1. The van der Waals surface area contributed by atoms with E-state index in [0.29, 0.717) is 17.9 Å². The monoisotopic (exact) mass is 315 g/mol. The van der Waals surface area contributed by atoms with Crippen LogP contribution in [0.3, 0.4) is 0 Å². The summed E-state index contributed by atoms with van der Waals surface area (Å²) in [6.45, 7) is 0. The van der Waals surface area contributed by atoms with Crippen LogP contribution in [-0.2, 0) is 16.0 Å². The Balaban J connectivity index is 1.74. The average molecular weight is 315 g/mol. The molecule has 4 nitrogen and oxygen atoms in total. The fourth-order valence-electron chi connectivity index (χ4n) is 4.01. The quantitative estimate of drug-likeness (QED) is 0.799. The van der Waals surface area contributed by atoms with E-state index in [-0.39, 0.29) is 17.9 Å². The molecule has 4 heteroatoms. The molecule has 1 saturated carbocycles. The lowest BCUT2D eigenvalue weighted by Crippen LogP contribution is -2.31. The number of nitrogens with zero attached hydrogens (tertiary/aromatic N) is 1. The van der Waals surface area contributed by atoms with Crippen LogP contribution in [-0.4, -0.2) is 30.9 Å². The maximum Gasteiger partial charge on any atom is 0.337 e. The zero-order valence-corrected chi connectivity index (χ0v) is 14.0. The van der Waals surface area contributed by atoms with E-state index in [2.05, 4.69) is 0 Å². The molecule has 0 spiro atoms. The maximum absolute atomic E-state index is 12.6. The summed E-state index contributed by atoms with van der Waals surface area (Å²) < 4.78 is 4.81. The van der Waals surface area contributed by atoms with Gasteiger partial charge in [0.2, 0.25) is 5.91 Å². The first-order chi connectivity index (χ1) is 11.1. The first kappa shape index (κ1) is 16.0. The van der Waals surface area contributed by atoms with E-state index in [1.165, 1.54) is 38.4 Å². The van der Waals surface area contributed by atoms with Crippen molar-refractivity contribution in [1.82, 2.24) is 4.90 Å². The van der Waals surface area contributed by atoms with Gasteiger partial charge in [0.25, 0.3) is 0 Å². The van der Waals surface area contributed by atoms with Gasteiger partial charge < -0.3 is 9.64 Å². The number of aryl methyl sites for hydroxylation is 1. The summed E-state index contributed by atoms with van der Waals surface area (Å²) in [4.78, 5) is 26.3. The topological polar surface area (TPSA) is 46.6 Å². The lowest BCUT2D eigenvalue weighted by molar-refractivity contribution is -0.133. The second-order valence-corrected chi connectivity index (χ2v) is 6.82. The van der Waals surface area contributed by atoms with Crippen LogP contribution < -0.4 is 0 Å². The second kappa shape index (κ2) is 6.73. The summed E-state index contributed by atoms with van der Waals surface area (Å²) in [5.74, 6) is 0.476. The molecule has 23 heavy (non-hydrogen) atoms. The highest BCUT2D eigenvalue weighted by Crippen LogP contribution is 2.37. The van der Waals surface area contributed by atoms with E-state index < -0.39 is 0 Å². The fraction of sp³-hybridized carbons (Fsp3) is 0.579. The van der Waals surface area contributed by atoms with Crippen LogP contribution in [0.1, 0.15) is 66.1 Å². The highest BCUT2D eigenvalue weighted by Gasteiger charge is 2.30. The molecule has 1 atom stereocenters. The van der Waals surface area contributed by atoms with Gasteiger partial charge in [-0.05, 0) is 54.9 Å². The van der Waals surface area contributed by atoms with Crippen molar-refractivity contribution in [2.75, 3.05) is 14.2 Å². The molecule has 0 aromatic heterocycles. The number of amides is 1. The van der Waals surface area contributed by atoms with Crippen molar-refractivity contribution in [1.29, 1.82) is 0 Å². The highest BCUT2D eigenvalue weighted by atomic mass is 16.5. The van der Waals surface area contributed by atoms with Crippen LogP contribution in [0, 0.1) is 5.92 Å². The van der Waals surface area contributed by atoms with E-state index in [0.717, 1.165) is 18.4 Å². The van der Waals surface area contributed by atoms with Gasteiger partial charge in [0.15, 0.2) is 0 Å². The summed E-state index contributed by atoms with van der Waals surface area (Å²) >= 11 is 0. The number of esters is 1. The first-order valence-corrected chi connectivity index (χ1v) is 8.57. The molecule has 0 bridgehead atoms. The third-order valence-corrected chi connectivity index (χ3v) is 5.41. The number of ether oxygens (including phenoxy) is 1. The Kier molecular flexibility index (Phi) is 4.69. The normalized spacial score (nSPS) is 20.3. The first-order valence-electron chi connectivity index (χ1n) is 8.57. The fourth-order valence-corrected chi connectivity index (χ4v) is 4.01. The third kappa shape index (κ3) is 3.26.